The van der Waals surface area contributed by atoms with E-state index in [1.165, 1.54) is 6.26 Å². The van der Waals surface area contributed by atoms with Gasteiger partial charge in [-0.05, 0) is 30.3 Å². The molecule has 2 rings (SSSR count). The van der Waals surface area contributed by atoms with Gasteiger partial charge in [0.2, 0.25) is 0 Å². The second kappa shape index (κ2) is 7.19. The lowest BCUT2D eigenvalue weighted by Gasteiger charge is -2.08. The summed E-state index contributed by atoms with van der Waals surface area (Å²) in [5.41, 5.74) is 1.65. The molecule has 0 radical (unpaired) electrons. The Bertz CT molecular complexity index is 852. The van der Waals surface area contributed by atoms with E-state index in [0.29, 0.717) is 17.9 Å². The highest BCUT2D eigenvalue weighted by Crippen LogP contribution is 2.12. The maximum atomic E-state index is 13.0. The van der Waals surface area contributed by atoms with Crippen molar-refractivity contribution >= 4 is 21.8 Å². The SMILES string of the molecule is O=C(NCc1ccco1)C(=O)NNS(=O)(=O)c1ccc(F)c(F)c1. The van der Waals surface area contributed by atoms with Crippen LogP contribution < -0.4 is 15.6 Å². The predicted octanol–water partition coefficient (Wildman–Crippen LogP) is 0.184. The molecule has 0 saturated heterocycles. The fraction of sp³-hybridized carbons (Fsp3) is 0.0769. The van der Waals surface area contributed by atoms with Crippen molar-refractivity contribution in [3.05, 3.63) is 54.0 Å². The normalized spacial score (nSPS) is 11.1. The molecule has 11 heteroatoms. The molecule has 0 unspecified atom stereocenters. The van der Waals surface area contributed by atoms with E-state index >= 15 is 0 Å². The highest BCUT2D eigenvalue weighted by Gasteiger charge is 2.20. The Morgan fingerprint density at radius 3 is 2.46 bits per heavy atom. The lowest BCUT2D eigenvalue weighted by atomic mass is 10.3. The van der Waals surface area contributed by atoms with Crippen LogP contribution in [-0.2, 0) is 26.2 Å². The van der Waals surface area contributed by atoms with Gasteiger partial charge in [-0.3, -0.25) is 15.0 Å². The lowest BCUT2D eigenvalue weighted by molar-refractivity contribution is -0.139. The predicted molar refractivity (Wildman–Crippen MR) is 75.4 cm³/mol. The minimum Gasteiger partial charge on any atom is -0.467 e. The van der Waals surface area contributed by atoms with Crippen molar-refractivity contribution in [3.8, 4) is 0 Å². The molecule has 0 fully saturated rings. The Labute approximate surface area is 134 Å². The quantitative estimate of drug-likeness (QED) is 0.520. The van der Waals surface area contributed by atoms with Crippen LogP contribution in [0.4, 0.5) is 8.78 Å². The van der Waals surface area contributed by atoms with Gasteiger partial charge in [-0.15, -0.1) is 4.83 Å². The minimum absolute atomic E-state index is 0.0742. The highest BCUT2D eigenvalue weighted by molar-refractivity contribution is 7.89. The van der Waals surface area contributed by atoms with Crippen LogP contribution in [0.1, 0.15) is 5.76 Å². The van der Waals surface area contributed by atoms with Crippen LogP contribution in [0.3, 0.4) is 0 Å². The van der Waals surface area contributed by atoms with E-state index in [1.54, 1.807) is 22.4 Å². The first-order valence-corrected chi connectivity index (χ1v) is 7.85. The summed E-state index contributed by atoms with van der Waals surface area (Å²) in [4.78, 5) is 23.9. The molecule has 0 aliphatic heterocycles. The number of carbonyl (C=O) groups excluding carboxylic acids is 2. The average molecular weight is 359 g/mol. The van der Waals surface area contributed by atoms with E-state index in [0.717, 1.165) is 6.07 Å². The maximum absolute atomic E-state index is 13.0. The van der Waals surface area contributed by atoms with Gasteiger partial charge in [0.05, 0.1) is 17.7 Å². The number of sulfonamides is 1. The van der Waals surface area contributed by atoms with Crippen LogP contribution in [-0.4, -0.2) is 20.2 Å². The summed E-state index contributed by atoms with van der Waals surface area (Å²) in [6.07, 6.45) is 1.37. The van der Waals surface area contributed by atoms with Crippen LogP contribution in [0, 0.1) is 11.6 Å². The molecule has 0 atom stereocenters. The summed E-state index contributed by atoms with van der Waals surface area (Å²) in [6, 6.07) is 4.98. The van der Waals surface area contributed by atoms with Crippen molar-refractivity contribution in [1.29, 1.82) is 0 Å². The van der Waals surface area contributed by atoms with Crippen LogP contribution >= 0.6 is 0 Å². The summed E-state index contributed by atoms with van der Waals surface area (Å²) >= 11 is 0. The van der Waals surface area contributed by atoms with Crippen LogP contribution in [0.25, 0.3) is 0 Å². The molecule has 0 aliphatic carbocycles. The summed E-state index contributed by atoms with van der Waals surface area (Å²) in [5.74, 6) is -4.64. The average Bonchev–Trinajstić information content (AvgIpc) is 3.06. The topological polar surface area (TPSA) is 118 Å². The first-order valence-electron chi connectivity index (χ1n) is 6.37. The van der Waals surface area contributed by atoms with Gasteiger partial charge in [-0.1, -0.05) is 0 Å². The summed E-state index contributed by atoms with van der Waals surface area (Å²) in [6.45, 7) is -0.0742. The zero-order valence-electron chi connectivity index (χ0n) is 11.9. The third-order valence-corrected chi connectivity index (χ3v) is 3.96. The molecule has 2 amide bonds. The van der Waals surface area contributed by atoms with Crippen molar-refractivity contribution in [2.24, 2.45) is 0 Å². The molecule has 1 aromatic carbocycles. The molecule has 0 spiro atoms. The number of hydrogen-bond acceptors (Lipinski definition) is 5. The van der Waals surface area contributed by atoms with Crippen LogP contribution in [0.2, 0.25) is 0 Å². The second-order valence-electron chi connectivity index (χ2n) is 4.40. The third kappa shape index (κ3) is 4.36. The van der Waals surface area contributed by atoms with E-state index in [4.69, 9.17) is 4.42 Å². The van der Waals surface area contributed by atoms with Crippen LogP contribution in [0.5, 0.6) is 0 Å². The monoisotopic (exact) mass is 359 g/mol. The molecule has 0 bridgehead atoms. The van der Waals surface area contributed by atoms with Crippen molar-refractivity contribution in [1.82, 2.24) is 15.6 Å². The fourth-order valence-corrected chi connectivity index (χ4v) is 2.38. The zero-order valence-corrected chi connectivity index (χ0v) is 12.7. The Morgan fingerprint density at radius 1 is 1.08 bits per heavy atom. The first-order chi connectivity index (χ1) is 11.3. The minimum atomic E-state index is -4.37. The Balaban J connectivity index is 1.91. The van der Waals surface area contributed by atoms with Crippen LogP contribution in [0.15, 0.2) is 45.9 Å². The van der Waals surface area contributed by atoms with Gasteiger partial charge in [0.1, 0.15) is 5.76 Å². The number of carbonyl (C=O) groups is 2. The summed E-state index contributed by atoms with van der Waals surface area (Å²) < 4.78 is 54.4. The van der Waals surface area contributed by atoms with E-state index < -0.39 is 38.4 Å². The molecule has 1 heterocycles. The molecule has 1 aromatic heterocycles. The smallest absolute Gasteiger partial charge is 0.324 e. The van der Waals surface area contributed by atoms with Gasteiger partial charge >= 0.3 is 11.8 Å². The van der Waals surface area contributed by atoms with E-state index in [2.05, 4.69) is 5.32 Å². The molecule has 3 N–H and O–H groups in total. The molecule has 8 nitrogen and oxygen atoms in total. The van der Waals surface area contributed by atoms with Crippen molar-refractivity contribution in [2.45, 2.75) is 11.4 Å². The number of benzene rings is 1. The van der Waals surface area contributed by atoms with Gasteiger partial charge in [0.15, 0.2) is 11.6 Å². The number of hydrazine groups is 1. The Hall–Kier alpha value is -2.79. The van der Waals surface area contributed by atoms with Gasteiger partial charge < -0.3 is 9.73 Å². The molecular formula is C13H11F2N3O5S. The number of amides is 2. The van der Waals surface area contributed by atoms with Gasteiger partial charge in [-0.25, -0.2) is 17.2 Å². The molecular weight excluding hydrogens is 348 g/mol. The zero-order chi connectivity index (χ0) is 17.7. The van der Waals surface area contributed by atoms with Gasteiger partial charge in [-0.2, -0.15) is 0 Å². The number of nitrogens with one attached hydrogen (secondary N) is 3. The number of furan rings is 1. The summed E-state index contributed by atoms with van der Waals surface area (Å²) in [7, 11) is -4.37. The van der Waals surface area contributed by atoms with Gasteiger partial charge in [0, 0.05) is 0 Å². The molecule has 2 aromatic rings. The number of halogens is 2. The second-order valence-corrected chi connectivity index (χ2v) is 6.08. The van der Waals surface area contributed by atoms with E-state index in [1.807, 2.05) is 0 Å². The fourth-order valence-electron chi connectivity index (χ4n) is 1.53. The molecule has 0 aliphatic rings. The third-order valence-electron chi connectivity index (χ3n) is 2.71. The number of rotatable bonds is 5. The molecule has 0 saturated carbocycles. The maximum Gasteiger partial charge on any atom is 0.324 e. The number of hydrogen-bond donors (Lipinski definition) is 3. The van der Waals surface area contributed by atoms with E-state index in [-0.39, 0.29) is 6.54 Å². The molecule has 128 valence electrons. The molecule has 24 heavy (non-hydrogen) atoms. The van der Waals surface area contributed by atoms with E-state index in [9.17, 15) is 26.8 Å². The summed E-state index contributed by atoms with van der Waals surface area (Å²) in [5, 5.41) is 2.19. The Kier molecular flexibility index (Phi) is 5.26. The largest absolute Gasteiger partial charge is 0.467 e. The van der Waals surface area contributed by atoms with Crippen molar-refractivity contribution < 1.29 is 31.2 Å². The standard InChI is InChI=1S/C13H11F2N3O5S/c14-10-4-3-9(6-11(10)15)24(21,22)18-17-13(20)12(19)16-7-8-2-1-5-23-8/h1-6,18H,7H2,(H,16,19)(H,17,20). The van der Waals surface area contributed by atoms with Gasteiger partial charge in [0.25, 0.3) is 10.0 Å². The van der Waals surface area contributed by atoms with Crippen molar-refractivity contribution in [3.63, 3.8) is 0 Å². The Morgan fingerprint density at radius 2 is 1.83 bits per heavy atom. The first kappa shape index (κ1) is 17.6. The highest BCUT2D eigenvalue weighted by atomic mass is 32.2. The lowest BCUT2D eigenvalue weighted by Crippen LogP contribution is -2.48. The van der Waals surface area contributed by atoms with Crippen molar-refractivity contribution in [2.75, 3.05) is 0 Å².